The van der Waals surface area contributed by atoms with Gasteiger partial charge in [0.05, 0.1) is 45.0 Å². The molecule has 0 amide bonds. The summed E-state index contributed by atoms with van der Waals surface area (Å²) in [5.41, 5.74) is 1.15. The van der Waals surface area contributed by atoms with Crippen LogP contribution >= 0.6 is 0 Å². The third-order valence-electron chi connectivity index (χ3n) is 5.09. The molecule has 0 aliphatic rings. The Morgan fingerprint density at radius 3 is 2.26 bits per heavy atom. The predicted molar refractivity (Wildman–Crippen MR) is 122 cm³/mol. The van der Waals surface area contributed by atoms with Crippen LogP contribution < -0.4 is 19.8 Å². The summed E-state index contributed by atoms with van der Waals surface area (Å²) in [4.78, 5) is 20.1. The van der Waals surface area contributed by atoms with E-state index in [1.54, 1.807) is 45.7 Å². The van der Waals surface area contributed by atoms with Crippen molar-refractivity contribution in [1.82, 2.24) is 14.6 Å². The first-order valence-electron chi connectivity index (χ1n) is 10.1. The second-order valence-corrected chi connectivity index (χ2v) is 6.83. The number of hydrogen-bond donors (Lipinski definition) is 0. The van der Waals surface area contributed by atoms with Gasteiger partial charge in [0.2, 0.25) is 5.75 Å². The van der Waals surface area contributed by atoms with E-state index in [-0.39, 0.29) is 5.56 Å². The van der Waals surface area contributed by atoms with Gasteiger partial charge in [-0.25, -0.2) is 4.98 Å². The van der Waals surface area contributed by atoms with Crippen LogP contribution in [0.25, 0.3) is 10.9 Å². The maximum absolute atomic E-state index is 13.2. The number of nitrogens with zero attached hydrogens (tertiary/aromatic N) is 4. The quantitative estimate of drug-likeness (QED) is 0.491. The third kappa shape index (κ3) is 4.69. The summed E-state index contributed by atoms with van der Waals surface area (Å²) >= 11 is 0. The fraction of sp³-hybridized carbons (Fsp3) is 0.348. The highest BCUT2D eigenvalue weighted by molar-refractivity contribution is 5.83. The highest BCUT2D eigenvalue weighted by atomic mass is 16.5. The number of fused-ring (bicyclic) bond motifs is 1. The fourth-order valence-corrected chi connectivity index (χ4v) is 3.34. The van der Waals surface area contributed by atoms with Gasteiger partial charge in [-0.2, -0.15) is 9.78 Å². The van der Waals surface area contributed by atoms with Crippen molar-refractivity contribution in [3.8, 4) is 17.2 Å². The van der Waals surface area contributed by atoms with E-state index in [2.05, 4.69) is 23.8 Å². The van der Waals surface area contributed by atoms with Crippen molar-refractivity contribution in [2.24, 2.45) is 5.10 Å². The topological polar surface area (TPSA) is 78.2 Å². The third-order valence-corrected chi connectivity index (χ3v) is 5.09. The number of benzene rings is 2. The molecule has 8 heteroatoms. The molecule has 0 radical (unpaired) electrons. The Hall–Kier alpha value is -3.39. The van der Waals surface area contributed by atoms with E-state index in [9.17, 15) is 4.79 Å². The van der Waals surface area contributed by atoms with E-state index in [1.807, 2.05) is 18.2 Å². The highest BCUT2D eigenvalue weighted by Crippen LogP contribution is 2.37. The van der Waals surface area contributed by atoms with Crippen LogP contribution in [0.15, 0.2) is 46.3 Å². The molecule has 3 rings (SSSR count). The molecule has 164 valence electrons. The first-order chi connectivity index (χ1) is 15.1. The number of para-hydroxylation sites is 1. The highest BCUT2D eigenvalue weighted by Gasteiger charge is 2.14. The lowest BCUT2D eigenvalue weighted by Crippen LogP contribution is -2.29. The van der Waals surface area contributed by atoms with Crippen molar-refractivity contribution >= 4 is 17.1 Å². The van der Waals surface area contributed by atoms with Crippen molar-refractivity contribution in [2.45, 2.75) is 20.4 Å². The number of aromatic nitrogens is 2. The van der Waals surface area contributed by atoms with Crippen molar-refractivity contribution in [1.29, 1.82) is 0 Å². The van der Waals surface area contributed by atoms with Crippen LogP contribution in [0.5, 0.6) is 17.2 Å². The lowest BCUT2D eigenvalue weighted by Gasteiger charge is -2.19. The Bertz CT molecular complexity index is 1110. The molecule has 0 spiro atoms. The van der Waals surface area contributed by atoms with E-state index in [0.29, 0.717) is 46.1 Å². The molecule has 0 fully saturated rings. The summed E-state index contributed by atoms with van der Waals surface area (Å²) in [7, 11) is 4.66. The Balaban J connectivity index is 2.12. The van der Waals surface area contributed by atoms with Gasteiger partial charge in [-0.15, -0.1) is 0 Å². The Morgan fingerprint density at radius 1 is 1.03 bits per heavy atom. The van der Waals surface area contributed by atoms with Crippen LogP contribution in [0.3, 0.4) is 0 Å². The minimum atomic E-state index is -0.212. The smallest absolute Gasteiger partial charge is 0.282 e. The first kappa shape index (κ1) is 22.3. The minimum absolute atomic E-state index is 0.212. The molecule has 0 aliphatic carbocycles. The van der Waals surface area contributed by atoms with Crippen LogP contribution in [0.2, 0.25) is 0 Å². The van der Waals surface area contributed by atoms with Crippen LogP contribution in [0.1, 0.15) is 25.2 Å². The predicted octanol–water partition coefficient (Wildman–Crippen LogP) is 3.15. The van der Waals surface area contributed by atoms with Gasteiger partial charge in [-0.3, -0.25) is 9.69 Å². The van der Waals surface area contributed by atoms with E-state index in [0.717, 1.165) is 13.1 Å². The molecule has 1 heterocycles. The van der Waals surface area contributed by atoms with Crippen LogP contribution in [-0.2, 0) is 6.54 Å². The SMILES string of the molecule is CCN(CC)Cc1nc2ccccc2c(=O)n1N=Cc1cc(OC)c(OC)c(OC)c1. The summed E-state index contributed by atoms with van der Waals surface area (Å²) < 4.78 is 17.5. The van der Waals surface area contributed by atoms with Gasteiger partial charge < -0.3 is 14.2 Å². The molecule has 0 atom stereocenters. The van der Waals surface area contributed by atoms with E-state index >= 15 is 0 Å². The average Bonchev–Trinajstić information content (AvgIpc) is 2.81. The lowest BCUT2D eigenvalue weighted by molar-refractivity contribution is 0.283. The molecular formula is C23H28N4O4. The zero-order valence-electron chi connectivity index (χ0n) is 18.6. The molecule has 0 unspecified atom stereocenters. The zero-order chi connectivity index (χ0) is 22.4. The van der Waals surface area contributed by atoms with E-state index < -0.39 is 0 Å². The monoisotopic (exact) mass is 424 g/mol. The van der Waals surface area contributed by atoms with Crippen LogP contribution in [0, 0.1) is 0 Å². The number of ether oxygens (including phenoxy) is 3. The first-order valence-corrected chi connectivity index (χ1v) is 10.1. The maximum atomic E-state index is 13.2. The Labute approximate surface area is 181 Å². The summed E-state index contributed by atoms with van der Waals surface area (Å²) in [5, 5.41) is 5.01. The minimum Gasteiger partial charge on any atom is -0.493 e. The summed E-state index contributed by atoms with van der Waals surface area (Å²) in [6.07, 6.45) is 1.59. The molecule has 1 aromatic heterocycles. The second kappa shape index (κ2) is 10.1. The molecule has 0 bridgehead atoms. The van der Waals surface area contributed by atoms with E-state index in [4.69, 9.17) is 19.2 Å². The molecule has 2 aromatic carbocycles. The van der Waals surface area contributed by atoms with Crippen molar-refractivity contribution < 1.29 is 14.2 Å². The van der Waals surface area contributed by atoms with Gasteiger partial charge in [0.15, 0.2) is 11.5 Å². The Morgan fingerprint density at radius 2 is 1.68 bits per heavy atom. The van der Waals surface area contributed by atoms with E-state index in [1.165, 1.54) is 4.68 Å². The number of rotatable bonds is 9. The molecule has 0 saturated heterocycles. The fourth-order valence-electron chi connectivity index (χ4n) is 3.34. The largest absolute Gasteiger partial charge is 0.493 e. The second-order valence-electron chi connectivity index (χ2n) is 6.83. The van der Waals surface area contributed by atoms with Gasteiger partial charge in [0.1, 0.15) is 5.82 Å². The number of methoxy groups -OCH3 is 3. The molecule has 0 saturated carbocycles. The molecular weight excluding hydrogens is 396 g/mol. The lowest BCUT2D eigenvalue weighted by atomic mass is 10.2. The van der Waals surface area contributed by atoms with Gasteiger partial charge in [-0.1, -0.05) is 26.0 Å². The summed E-state index contributed by atoms with van der Waals surface area (Å²) in [6.45, 7) is 6.35. The molecule has 0 aliphatic heterocycles. The van der Waals surface area contributed by atoms with Crippen molar-refractivity contribution in [3.05, 3.63) is 58.1 Å². The Kier molecular flexibility index (Phi) is 7.25. The van der Waals surface area contributed by atoms with Gasteiger partial charge in [0.25, 0.3) is 5.56 Å². The zero-order valence-corrected chi connectivity index (χ0v) is 18.6. The van der Waals surface area contributed by atoms with Crippen LogP contribution in [0.4, 0.5) is 0 Å². The van der Waals surface area contributed by atoms with Crippen molar-refractivity contribution in [3.63, 3.8) is 0 Å². The maximum Gasteiger partial charge on any atom is 0.282 e. The van der Waals surface area contributed by atoms with Crippen molar-refractivity contribution in [2.75, 3.05) is 34.4 Å². The normalized spacial score (nSPS) is 11.4. The molecule has 3 aromatic rings. The van der Waals surface area contributed by atoms with Gasteiger partial charge in [-0.05, 0) is 37.4 Å². The summed E-state index contributed by atoms with van der Waals surface area (Å²) in [5.74, 6) is 2.09. The summed E-state index contributed by atoms with van der Waals surface area (Å²) in [6, 6.07) is 10.8. The van der Waals surface area contributed by atoms with Crippen LogP contribution in [-0.4, -0.2) is 55.2 Å². The standard InChI is InChI=1S/C23H28N4O4/c1-6-26(7-2)15-21-25-18-11-9-8-10-17(18)23(28)27(21)24-14-16-12-19(29-3)22(31-5)20(13-16)30-4/h8-14H,6-7,15H2,1-5H3. The molecule has 0 N–H and O–H groups in total. The number of hydrogen-bond acceptors (Lipinski definition) is 7. The van der Waals surface area contributed by atoms with Gasteiger partial charge in [0, 0.05) is 5.56 Å². The van der Waals surface area contributed by atoms with Gasteiger partial charge >= 0.3 is 0 Å². The average molecular weight is 425 g/mol. The molecule has 8 nitrogen and oxygen atoms in total. The molecule has 31 heavy (non-hydrogen) atoms.